The van der Waals surface area contributed by atoms with E-state index in [4.69, 9.17) is 19.9 Å². The molecule has 1 aliphatic carbocycles. The molecule has 3 N–H and O–H groups in total. The van der Waals surface area contributed by atoms with Crippen LogP contribution in [0.25, 0.3) is 11.0 Å². The van der Waals surface area contributed by atoms with E-state index in [-0.39, 0.29) is 23.6 Å². The van der Waals surface area contributed by atoms with Crippen molar-refractivity contribution in [2.75, 3.05) is 19.8 Å². The molecule has 4 heterocycles. The third kappa shape index (κ3) is 6.39. The number of nitrogens with zero attached hydrogens (tertiary/aromatic N) is 2. The van der Waals surface area contributed by atoms with Gasteiger partial charge in [-0.1, -0.05) is 30.3 Å². The fourth-order valence-electron chi connectivity index (χ4n) is 5.23. The van der Waals surface area contributed by atoms with Crippen LogP contribution in [0.4, 0.5) is 9.18 Å². The first-order valence-corrected chi connectivity index (χ1v) is 13.4. The summed E-state index contributed by atoms with van der Waals surface area (Å²) in [7, 11) is 0. The highest BCUT2D eigenvalue weighted by molar-refractivity contribution is 5.78. The second kappa shape index (κ2) is 11.6. The molecule has 1 aromatic carbocycles. The summed E-state index contributed by atoms with van der Waals surface area (Å²) in [4.78, 5) is 20.6. The number of aryl methyl sites for hydroxylation is 1. The van der Waals surface area contributed by atoms with E-state index in [0.717, 1.165) is 50.5 Å². The second-order valence-corrected chi connectivity index (χ2v) is 10.5. The Morgan fingerprint density at radius 3 is 2.68 bits per heavy atom. The summed E-state index contributed by atoms with van der Waals surface area (Å²) in [6, 6.07) is 13.1. The normalized spacial score (nSPS) is 22.4. The number of amides is 1. The molecule has 0 spiro atoms. The SMILES string of the molecule is NC12CCC(CCc3c(F)cnc4ccc(OCCCCNC(=O)OCc5ccccc5)nc34)(CC1)OC2. The van der Waals surface area contributed by atoms with Crippen LogP contribution in [0, 0.1) is 5.82 Å². The number of benzene rings is 1. The lowest BCUT2D eigenvalue weighted by Crippen LogP contribution is -2.59. The highest BCUT2D eigenvalue weighted by atomic mass is 19.1. The molecule has 1 amide bonds. The number of carbonyl (C=O) groups excluding carboxylic acids is 1. The zero-order valence-corrected chi connectivity index (χ0v) is 21.6. The van der Waals surface area contributed by atoms with Crippen molar-refractivity contribution >= 4 is 17.1 Å². The van der Waals surface area contributed by atoms with Gasteiger partial charge in [0.25, 0.3) is 0 Å². The maximum absolute atomic E-state index is 14.9. The van der Waals surface area contributed by atoms with Crippen LogP contribution >= 0.6 is 0 Å². The number of rotatable bonds is 11. The Morgan fingerprint density at radius 2 is 1.92 bits per heavy atom. The maximum Gasteiger partial charge on any atom is 0.407 e. The number of unbranched alkanes of at least 4 members (excludes halogenated alkanes) is 1. The van der Waals surface area contributed by atoms with Crippen molar-refractivity contribution in [3.05, 3.63) is 65.6 Å². The van der Waals surface area contributed by atoms with Gasteiger partial charge in [-0.2, -0.15) is 0 Å². The van der Waals surface area contributed by atoms with E-state index >= 15 is 0 Å². The summed E-state index contributed by atoms with van der Waals surface area (Å²) in [5, 5.41) is 2.74. The number of alkyl carbamates (subject to hydrolysis) is 1. The lowest BCUT2D eigenvalue weighted by Gasteiger charge is -2.51. The van der Waals surface area contributed by atoms with Gasteiger partial charge in [0, 0.05) is 23.7 Å². The van der Waals surface area contributed by atoms with Gasteiger partial charge in [-0.25, -0.2) is 14.2 Å². The van der Waals surface area contributed by atoms with E-state index < -0.39 is 6.09 Å². The van der Waals surface area contributed by atoms with E-state index in [9.17, 15) is 9.18 Å². The summed E-state index contributed by atoms with van der Waals surface area (Å²) in [6.07, 6.45) is 7.24. The molecule has 1 saturated carbocycles. The maximum atomic E-state index is 14.9. The number of nitrogens with two attached hydrogens (primary N) is 1. The predicted octanol–water partition coefficient (Wildman–Crippen LogP) is 4.83. The Labute approximate surface area is 222 Å². The number of carbonyl (C=O) groups is 1. The van der Waals surface area contributed by atoms with Crippen molar-refractivity contribution in [2.45, 2.75) is 69.1 Å². The summed E-state index contributed by atoms with van der Waals surface area (Å²) in [5.41, 5.74) is 8.59. The Bertz CT molecular complexity index is 1230. The standard InChI is InChI=1S/C29H35FN4O4/c30-23-18-33-24-8-9-25(36-17-5-4-16-32-27(35)37-19-21-6-2-1-3-7-21)34-26(24)22(23)10-11-29-14-12-28(31,13-15-29)20-38-29/h1-3,6-9,18H,4-5,10-17,19-20,31H2,(H,32,35). The van der Waals surface area contributed by atoms with E-state index in [0.29, 0.717) is 48.7 Å². The monoisotopic (exact) mass is 522 g/mol. The largest absolute Gasteiger partial charge is 0.478 e. The van der Waals surface area contributed by atoms with Gasteiger partial charge < -0.3 is 25.3 Å². The van der Waals surface area contributed by atoms with Gasteiger partial charge >= 0.3 is 6.09 Å². The lowest BCUT2D eigenvalue weighted by molar-refractivity contribution is -0.156. The highest BCUT2D eigenvalue weighted by Gasteiger charge is 2.47. The molecule has 3 fully saturated rings. The molecule has 2 bridgehead atoms. The van der Waals surface area contributed by atoms with Crippen molar-refractivity contribution in [1.29, 1.82) is 0 Å². The predicted molar refractivity (Wildman–Crippen MR) is 141 cm³/mol. The minimum Gasteiger partial charge on any atom is -0.478 e. The number of hydrogen-bond donors (Lipinski definition) is 2. The number of nitrogens with one attached hydrogen (secondary N) is 1. The second-order valence-electron chi connectivity index (χ2n) is 10.5. The molecule has 0 unspecified atom stereocenters. The van der Waals surface area contributed by atoms with Gasteiger partial charge in [0.1, 0.15) is 12.4 Å². The molecular formula is C29H35FN4O4. The van der Waals surface area contributed by atoms with Gasteiger partial charge in [0.05, 0.1) is 36.0 Å². The number of fused-ring (bicyclic) bond motifs is 4. The fraction of sp³-hybridized carbons (Fsp3) is 0.483. The quantitative estimate of drug-likeness (QED) is 0.347. The van der Waals surface area contributed by atoms with Crippen molar-refractivity contribution in [1.82, 2.24) is 15.3 Å². The topological polar surface area (TPSA) is 109 Å². The zero-order valence-electron chi connectivity index (χ0n) is 21.6. The Morgan fingerprint density at radius 1 is 1.11 bits per heavy atom. The average Bonchev–Trinajstić information content (AvgIpc) is 2.94. The van der Waals surface area contributed by atoms with Gasteiger partial charge in [0.2, 0.25) is 5.88 Å². The smallest absolute Gasteiger partial charge is 0.407 e. The number of halogens is 1. The molecule has 38 heavy (non-hydrogen) atoms. The lowest BCUT2D eigenvalue weighted by atomic mass is 9.70. The molecule has 9 heteroatoms. The number of pyridine rings is 2. The molecule has 202 valence electrons. The van der Waals surface area contributed by atoms with Crippen LogP contribution < -0.4 is 15.8 Å². The zero-order chi connectivity index (χ0) is 26.4. The van der Waals surface area contributed by atoms with Crippen LogP contribution in [0.3, 0.4) is 0 Å². The Kier molecular flexibility index (Phi) is 8.04. The van der Waals surface area contributed by atoms with Gasteiger partial charge in [-0.3, -0.25) is 4.98 Å². The number of hydrogen-bond acceptors (Lipinski definition) is 7. The van der Waals surface area contributed by atoms with Crippen LogP contribution in [0.5, 0.6) is 5.88 Å². The minimum absolute atomic E-state index is 0.189. The van der Waals surface area contributed by atoms with Crippen molar-refractivity contribution in [3.63, 3.8) is 0 Å². The van der Waals surface area contributed by atoms with Gasteiger partial charge in [-0.15, -0.1) is 0 Å². The summed E-state index contributed by atoms with van der Waals surface area (Å²) < 4.78 is 32.1. The Balaban J connectivity index is 1.09. The molecule has 8 nitrogen and oxygen atoms in total. The molecule has 0 atom stereocenters. The number of ether oxygens (including phenoxy) is 3. The first-order valence-electron chi connectivity index (χ1n) is 13.4. The van der Waals surface area contributed by atoms with Crippen LogP contribution in [0.1, 0.15) is 56.1 Å². The van der Waals surface area contributed by atoms with Crippen molar-refractivity contribution in [2.24, 2.45) is 5.73 Å². The van der Waals surface area contributed by atoms with Crippen LogP contribution in [0.15, 0.2) is 48.7 Å². The van der Waals surface area contributed by atoms with E-state index in [1.165, 1.54) is 6.20 Å². The van der Waals surface area contributed by atoms with Gasteiger partial charge in [0.15, 0.2) is 0 Å². The first-order chi connectivity index (χ1) is 18.4. The highest BCUT2D eigenvalue weighted by Crippen LogP contribution is 2.45. The average molecular weight is 523 g/mol. The Hall–Kier alpha value is -3.30. The van der Waals surface area contributed by atoms with E-state index in [2.05, 4.69) is 15.3 Å². The third-order valence-electron chi connectivity index (χ3n) is 7.70. The molecule has 6 rings (SSSR count). The van der Waals surface area contributed by atoms with Crippen molar-refractivity contribution < 1.29 is 23.4 Å². The number of aromatic nitrogens is 2. The molecular weight excluding hydrogens is 487 g/mol. The molecule has 3 aliphatic rings. The third-order valence-corrected chi connectivity index (χ3v) is 7.70. The van der Waals surface area contributed by atoms with E-state index in [1.807, 2.05) is 36.4 Å². The van der Waals surface area contributed by atoms with Crippen molar-refractivity contribution in [3.8, 4) is 5.88 Å². The van der Waals surface area contributed by atoms with Crippen LogP contribution in [-0.4, -0.2) is 47.0 Å². The molecule has 2 saturated heterocycles. The molecule has 2 aliphatic heterocycles. The van der Waals surface area contributed by atoms with Crippen LogP contribution in [0.2, 0.25) is 0 Å². The molecule has 2 aromatic heterocycles. The summed E-state index contributed by atoms with van der Waals surface area (Å²) in [5.74, 6) is 0.0719. The molecule has 3 aromatic rings. The fourth-order valence-corrected chi connectivity index (χ4v) is 5.23. The van der Waals surface area contributed by atoms with Gasteiger partial charge in [-0.05, 0) is 63.0 Å². The summed E-state index contributed by atoms with van der Waals surface area (Å²) in [6.45, 7) is 1.72. The first kappa shape index (κ1) is 26.3. The van der Waals surface area contributed by atoms with Crippen LogP contribution in [-0.2, 0) is 22.5 Å². The van der Waals surface area contributed by atoms with E-state index in [1.54, 1.807) is 6.07 Å². The minimum atomic E-state index is -0.443. The molecule has 0 radical (unpaired) electrons. The summed E-state index contributed by atoms with van der Waals surface area (Å²) >= 11 is 0.